The molecule has 0 bridgehead atoms. The van der Waals surface area contributed by atoms with Gasteiger partial charge < -0.3 is 10.5 Å². The molecule has 0 unspecified atom stereocenters. The number of benzene rings is 1. The molecular weight excluding hydrogens is 284 g/mol. The molecule has 21 heavy (non-hydrogen) atoms. The number of aromatic nitrogens is 1. The van der Waals surface area contributed by atoms with Gasteiger partial charge in [-0.25, -0.2) is 9.78 Å². The number of pyridine rings is 1. The molecule has 1 heterocycles. The van der Waals surface area contributed by atoms with Gasteiger partial charge in [0.15, 0.2) is 0 Å². The van der Waals surface area contributed by atoms with E-state index in [1.807, 2.05) is 0 Å². The summed E-state index contributed by atoms with van der Waals surface area (Å²) in [5.74, 6) is 0.0523. The highest BCUT2D eigenvalue weighted by Gasteiger charge is 2.12. The van der Waals surface area contributed by atoms with Crippen LogP contribution >= 0.6 is 11.8 Å². The lowest BCUT2D eigenvalue weighted by atomic mass is 10.0. The molecule has 4 nitrogen and oxygen atoms in total. The molecule has 0 amide bonds. The zero-order valence-electron chi connectivity index (χ0n) is 12.3. The van der Waals surface area contributed by atoms with E-state index in [4.69, 9.17) is 10.5 Å². The minimum Gasteiger partial charge on any atom is -0.465 e. The Morgan fingerprint density at radius 2 is 1.95 bits per heavy atom. The Balaban J connectivity index is 2.21. The fourth-order valence-corrected chi connectivity index (χ4v) is 2.63. The second-order valence-electron chi connectivity index (χ2n) is 4.93. The van der Waals surface area contributed by atoms with E-state index in [0.717, 1.165) is 4.90 Å². The smallest absolute Gasteiger partial charge is 0.340 e. The van der Waals surface area contributed by atoms with E-state index < -0.39 is 5.97 Å². The topological polar surface area (TPSA) is 65.2 Å². The quantitative estimate of drug-likeness (QED) is 0.872. The molecule has 0 spiro atoms. The van der Waals surface area contributed by atoms with Crippen LogP contribution in [0.25, 0.3) is 0 Å². The number of esters is 1. The molecule has 0 saturated heterocycles. The molecule has 0 fully saturated rings. The van der Waals surface area contributed by atoms with Crippen molar-refractivity contribution in [2.45, 2.75) is 29.7 Å². The first kappa shape index (κ1) is 15.4. The number of rotatable bonds is 4. The molecule has 110 valence electrons. The Kier molecular flexibility index (Phi) is 4.85. The van der Waals surface area contributed by atoms with Crippen LogP contribution in [0, 0.1) is 0 Å². The highest BCUT2D eigenvalue weighted by molar-refractivity contribution is 7.99. The average Bonchev–Trinajstić information content (AvgIpc) is 2.49. The number of nitrogen functional groups attached to an aromatic ring is 1. The minimum absolute atomic E-state index is 0.321. The van der Waals surface area contributed by atoms with Crippen LogP contribution in [0.2, 0.25) is 0 Å². The molecule has 0 aliphatic heterocycles. The third-order valence-electron chi connectivity index (χ3n) is 3.08. The largest absolute Gasteiger partial charge is 0.465 e. The maximum atomic E-state index is 11.6. The van der Waals surface area contributed by atoms with Crippen molar-refractivity contribution >= 4 is 23.4 Å². The van der Waals surface area contributed by atoms with Crippen molar-refractivity contribution in [3.05, 3.63) is 47.7 Å². The summed E-state index contributed by atoms with van der Waals surface area (Å²) in [5.41, 5.74) is 7.69. The molecule has 1 aromatic carbocycles. The summed E-state index contributed by atoms with van der Waals surface area (Å²) < 4.78 is 4.71. The van der Waals surface area contributed by atoms with Crippen LogP contribution in [0.15, 0.2) is 46.5 Å². The Labute approximate surface area is 128 Å². The number of hydrogen-bond acceptors (Lipinski definition) is 5. The highest BCUT2D eigenvalue weighted by Crippen LogP contribution is 2.29. The predicted molar refractivity (Wildman–Crippen MR) is 84.6 cm³/mol. The summed E-state index contributed by atoms with van der Waals surface area (Å²) in [4.78, 5) is 16.9. The van der Waals surface area contributed by atoms with E-state index in [1.165, 1.54) is 30.6 Å². The third-order valence-corrected chi connectivity index (χ3v) is 4.02. The Morgan fingerprint density at radius 1 is 1.29 bits per heavy atom. The van der Waals surface area contributed by atoms with Gasteiger partial charge in [0.05, 0.1) is 24.6 Å². The van der Waals surface area contributed by atoms with Crippen molar-refractivity contribution in [1.29, 1.82) is 0 Å². The lowest BCUT2D eigenvalue weighted by Crippen LogP contribution is -2.06. The van der Waals surface area contributed by atoms with Crippen LogP contribution in [0.1, 0.15) is 35.7 Å². The Morgan fingerprint density at radius 3 is 2.52 bits per heavy atom. The van der Waals surface area contributed by atoms with Gasteiger partial charge >= 0.3 is 5.97 Å². The average molecular weight is 302 g/mol. The molecule has 2 rings (SSSR count). The second-order valence-corrected chi connectivity index (χ2v) is 6.02. The molecule has 0 aliphatic carbocycles. The van der Waals surface area contributed by atoms with Crippen LogP contribution < -0.4 is 5.73 Å². The maximum absolute atomic E-state index is 11.6. The zero-order chi connectivity index (χ0) is 15.4. The first-order valence-corrected chi connectivity index (χ1v) is 7.44. The van der Waals surface area contributed by atoms with E-state index in [2.05, 4.69) is 43.1 Å². The Bertz CT molecular complexity index is 639. The van der Waals surface area contributed by atoms with Crippen molar-refractivity contribution in [3.63, 3.8) is 0 Å². The van der Waals surface area contributed by atoms with Crippen molar-refractivity contribution in [3.8, 4) is 0 Å². The Hall–Kier alpha value is -2.01. The molecule has 5 heteroatoms. The standard InChI is InChI=1S/C16H18N2O2S/c1-10(2)11-4-6-12(7-5-11)21-15-8-13(16(19)20-3)14(17)9-18-15/h4-10H,17H2,1-3H3. The van der Waals surface area contributed by atoms with Gasteiger partial charge in [-0.1, -0.05) is 37.7 Å². The van der Waals surface area contributed by atoms with Gasteiger partial charge in [-0.15, -0.1) is 0 Å². The summed E-state index contributed by atoms with van der Waals surface area (Å²) in [6.45, 7) is 4.32. The van der Waals surface area contributed by atoms with Crippen LogP contribution in [0.4, 0.5) is 5.69 Å². The van der Waals surface area contributed by atoms with E-state index >= 15 is 0 Å². The molecular formula is C16H18N2O2S. The maximum Gasteiger partial charge on any atom is 0.340 e. The number of anilines is 1. The van der Waals surface area contributed by atoms with E-state index in [-0.39, 0.29) is 0 Å². The number of nitrogens with zero attached hydrogens (tertiary/aromatic N) is 1. The van der Waals surface area contributed by atoms with E-state index in [1.54, 1.807) is 6.07 Å². The molecule has 0 saturated carbocycles. The molecule has 2 N–H and O–H groups in total. The summed E-state index contributed by atoms with van der Waals surface area (Å²) in [6.07, 6.45) is 1.48. The summed E-state index contributed by atoms with van der Waals surface area (Å²) >= 11 is 1.48. The van der Waals surface area contributed by atoms with Crippen molar-refractivity contribution in [2.24, 2.45) is 0 Å². The summed E-state index contributed by atoms with van der Waals surface area (Å²) in [6, 6.07) is 9.96. The molecule has 0 atom stereocenters. The van der Waals surface area contributed by atoms with Gasteiger partial charge in [-0.05, 0) is 29.7 Å². The third kappa shape index (κ3) is 3.76. The SMILES string of the molecule is COC(=O)c1cc(Sc2ccc(C(C)C)cc2)ncc1N. The summed E-state index contributed by atoms with van der Waals surface area (Å²) in [5, 5.41) is 0.710. The van der Waals surface area contributed by atoms with Gasteiger partial charge in [-0.2, -0.15) is 0 Å². The molecule has 1 aromatic heterocycles. The second kappa shape index (κ2) is 6.63. The van der Waals surface area contributed by atoms with Crippen LogP contribution in [-0.2, 0) is 4.74 Å². The first-order chi connectivity index (χ1) is 10.0. The number of carbonyl (C=O) groups excluding carboxylic acids is 1. The number of hydrogen-bond donors (Lipinski definition) is 1. The monoisotopic (exact) mass is 302 g/mol. The molecule has 2 aromatic rings. The lowest BCUT2D eigenvalue weighted by Gasteiger charge is -2.08. The van der Waals surface area contributed by atoms with Crippen LogP contribution in [0.5, 0.6) is 0 Å². The predicted octanol–water partition coefficient (Wildman–Crippen LogP) is 3.73. The fourth-order valence-electron chi connectivity index (χ4n) is 1.83. The first-order valence-electron chi connectivity index (χ1n) is 6.63. The van der Waals surface area contributed by atoms with Crippen LogP contribution in [-0.4, -0.2) is 18.1 Å². The number of nitrogens with two attached hydrogens (primary N) is 1. The number of ether oxygens (including phenoxy) is 1. The van der Waals surface area contributed by atoms with E-state index in [9.17, 15) is 4.79 Å². The molecule has 0 aliphatic rings. The molecule has 0 radical (unpaired) electrons. The van der Waals surface area contributed by atoms with Crippen molar-refractivity contribution < 1.29 is 9.53 Å². The van der Waals surface area contributed by atoms with Gasteiger partial charge in [0.1, 0.15) is 5.03 Å². The van der Waals surface area contributed by atoms with Gasteiger partial charge in [-0.3, -0.25) is 0 Å². The van der Waals surface area contributed by atoms with Crippen molar-refractivity contribution in [2.75, 3.05) is 12.8 Å². The number of carbonyl (C=O) groups is 1. The highest BCUT2D eigenvalue weighted by atomic mass is 32.2. The lowest BCUT2D eigenvalue weighted by molar-refractivity contribution is 0.0601. The fraction of sp³-hybridized carbons (Fsp3) is 0.250. The normalized spacial score (nSPS) is 10.7. The van der Waals surface area contributed by atoms with Gasteiger partial charge in [0, 0.05) is 4.90 Å². The number of methoxy groups -OCH3 is 1. The van der Waals surface area contributed by atoms with Crippen molar-refractivity contribution in [1.82, 2.24) is 4.98 Å². The van der Waals surface area contributed by atoms with Crippen LogP contribution in [0.3, 0.4) is 0 Å². The van der Waals surface area contributed by atoms with E-state index in [0.29, 0.717) is 22.2 Å². The minimum atomic E-state index is -0.452. The van der Waals surface area contributed by atoms with Gasteiger partial charge in [0.2, 0.25) is 0 Å². The summed E-state index contributed by atoms with van der Waals surface area (Å²) in [7, 11) is 1.33. The van der Waals surface area contributed by atoms with Gasteiger partial charge in [0.25, 0.3) is 0 Å². The zero-order valence-corrected chi connectivity index (χ0v) is 13.1.